The van der Waals surface area contributed by atoms with Gasteiger partial charge in [-0.1, -0.05) is 67.6 Å². The Kier molecular flexibility index (Phi) is 2.92. The van der Waals surface area contributed by atoms with Gasteiger partial charge in [0.25, 0.3) is 0 Å². The highest BCUT2D eigenvalue weighted by atomic mass is 35.5. The third-order valence-corrected chi connectivity index (χ3v) is 4.98. The Morgan fingerprint density at radius 3 is 1.68 bits per heavy atom. The second-order valence-corrected chi connectivity index (χ2v) is 6.06. The molecular formula is C17H17ClO. The molecule has 1 N–H and O–H groups in total. The predicted molar refractivity (Wildman–Crippen MR) is 78.2 cm³/mol. The van der Waals surface area contributed by atoms with Crippen molar-refractivity contribution in [3.8, 4) is 0 Å². The fraction of sp³-hybridized carbons (Fsp3) is 0.294. The first kappa shape index (κ1) is 12.7. The van der Waals surface area contributed by atoms with Gasteiger partial charge in [-0.25, -0.2) is 0 Å². The molecule has 98 valence electrons. The highest BCUT2D eigenvalue weighted by Crippen LogP contribution is 2.63. The Bertz CT molecular complexity index is 527. The highest BCUT2D eigenvalue weighted by Gasteiger charge is 2.63. The van der Waals surface area contributed by atoms with E-state index < -0.39 is 5.60 Å². The molecule has 1 saturated carbocycles. The number of aliphatic hydroxyl groups is 1. The number of alkyl halides is 1. The molecule has 0 radical (unpaired) electrons. The molecule has 0 aromatic heterocycles. The number of hydrogen-bond donors (Lipinski definition) is 1. The van der Waals surface area contributed by atoms with Crippen LogP contribution >= 0.6 is 11.6 Å². The van der Waals surface area contributed by atoms with Crippen LogP contribution in [0.15, 0.2) is 60.7 Å². The van der Waals surface area contributed by atoms with E-state index in [-0.39, 0.29) is 10.8 Å². The molecule has 2 aromatic rings. The summed E-state index contributed by atoms with van der Waals surface area (Å²) in [5.41, 5.74) is 0.484. The van der Waals surface area contributed by atoms with E-state index in [2.05, 4.69) is 6.92 Å². The van der Waals surface area contributed by atoms with Crippen LogP contribution in [0.1, 0.15) is 24.5 Å². The standard InChI is InChI=1S/C17H17ClO/c1-16(12-15(16)18)17(19,13-8-4-2-5-9-13)14-10-6-3-7-11-14/h2-11,15,19H,12H2,1H3/t15-,16+/m0/s1. The Morgan fingerprint density at radius 2 is 1.37 bits per heavy atom. The quantitative estimate of drug-likeness (QED) is 0.839. The minimum atomic E-state index is -1.03. The van der Waals surface area contributed by atoms with E-state index in [1.807, 2.05) is 60.7 Å². The van der Waals surface area contributed by atoms with Gasteiger partial charge in [0, 0.05) is 10.8 Å². The Balaban J connectivity index is 2.18. The van der Waals surface area contributed by atoms with Crippen molar-refractivity contribution in [1.82, 2.24) is 0 Å². The van der Waals surface area contributed by atoms with Crippen molar-refractivity contribution in [2.24, 2.45) is 5.41 Å². The lowest BCUT2D eigenvalue weighted by molar-refractivity contribution is 0.0104. The molecule has 3 rings (SSSR count). The van der Waals surface area contributed by atoms with Crippen LogP contribution in [0.5, 0.6) is 0 Å². The van der Waals surface area contributed by atoms with Gasteiger partial charge in [0.05, 0.1) is 0 Å². The van der Waals surface area contributed by atoms with E-state index in [1.165, 1.54) is 0 Å². The van der Waals surface area contributed by atoms with E-state index in [4.69, 9.17) is 11.6 Å². The van der Waals surface area contributed by atoms with Gasteiger partial charge in [-0.2, -0.15) is 0 Å². The summed E-state index contributed by atoms with van der Waals surface area (Å²) in [5.74, 6) is 0. The van der Waals surface area contributed by atoms with Crippen molar-refractivity contribution in [2.45, 2.75) is 24.3 Å². The van der Waals surface area contributed by atoms with E-state index in [1.54, 1.807) is 0 Å². The lowest BCUT2D eigenvalue weighted by Gasteiger charge is -2.36. The summed E-state index contributed by atoms with van der Waals surface area (Å²) in [6, 6.07) is 19.6. The first-order chi connectivity index (χ1) is 9.09. The number of hydrogen-bond acceptors (Lipinski definition) is 1. The van der Waals surface area contributed by atoms with Crippen molar-refractivity contribution in [1.29, 1.82) is 0 Å². The zero-order valence-electron chi connectivity index (χ0n) is 10.9. The number of halogens is 1. The van der Waals surface area contributed by atoms with E-state index >= 15 is 0 Å². The van der Waals surface area contributed by atoms with Crippen molar-refractivity contribution in [3.05, 3.63) is 71.8 Å². The normalized spacial score (nSPS) is 26.2. The van der Waals surface area contributed by atoms with Crippen molar-refractivity contribution in [3.63, 3.8) is 0 Å². The maximum atomic E-state index is 11.4. The summed E-state index contributed by atoms with van der Waals surface area (Å²) in [7, 11) is 0. The van der Waals surface area contributed by atoms with Gasteiger partial charge in [0.1, 0.15) is 5.60 Å². The van der Waals surface area contributed by atoms with E-state index in [0.29, 0.717) is 0 Å². The maximum absolute atomic E-state index is 11.4. The van der Waals surface area contributed by atoms with Crippen LogP contribution in [0.2, 0.25) is 0 Å². The summed E-state index contributed by atoms with van der Waals surface area (Å²) >= 11 is 6.32. The topological polar surface area (TPSA) is 20.2 Å². The van der Waals surface area contributed by atoms with Crippen LogP contribution in [0, 0.1) is 5.41 Å². The van der Waals surface area contributed by atoms with Gasteiger partial charge in [0.2, 0.25) is 0 Å². The summed E-state index contributed by atoms with van der Waals surface area (Å²) in [6.45, 7) is 2.06. The van der Waals surface area contributed by atoms with Crippen LogP contribution in [-0.4, -0.2) is 10.5 Å². The first-order valence-corrected chi connectivity index (χ1v) is 7.00. The highest BCUT2D eigenvalue weighted by molar-refractivity contribution is 6.23. The largest absolute Gasteiger partial charge is 0.380 e. The fourth-order valence-electron chi connectivity index (χ4n) is 2.87. The zero-order chi connectivity index (χ0) is 13.5. The van der Waals surface area contributed by atoms with Crippen LogP contribution in [0.3, 0.4) is 0 Å². The predicted octanol–water partition coefficient (Wildman–Crippen LogP) is 3.94. The zero-order valence-corrected chi connectivity index (χ0v) is 11.6. The Morgan fingerprint density at radius 1 is 1.00 bits per heavy atom. The third kappa shape index (κ3) is 1.80. The fourth-order valence-corrected chi connectivity index (χ4v) is 3.35. The SMILES string of the molecule is C[C@@]1(C(O)(c2ccccc2)c2ccccc2)C[C@@H]1Cl. The molecule has 1 aliphatic rings. The molecule has 0 unspecified atom stereocenters. The Labute approximate surface area is 118 Å². The molecule has 0 spiro atoms. The minimum Gasteiger partial charge on any atom is -0.380 e. The van der Waals surface area contributed by atoms with Crippen LogP contribution in [0.25, 0.3) is 0 Å². The van der Waals surface area contributed by atoms with E-state index in [0.717, 1.165) is 17.5 Å². The van der Waals surface area contributed by atoms with Gasteiger partial charge in [0.15, 0.2) is 0 Å². The lowest BCUT2D eigenvalue weighted by Crippen LogP contribution is -2.37. The van der Waals surface area contributed by atoms with Crippen molar-refractivity contribution >= 4 is 11.6 Å². The maximum Gasteiger partial charge on any atom is 0.121 e. The summed E-state index contributed by atoms with van der Waals surface area (Å²) < 4.78 is 0. The molecule has 19 heavy (non-hydrogen) atoms. The molecule has 0 aliphatic heterocycles. The summed E-state index contributed by atoms with van der Waals surface area (Å²) in [6.07, 6.45) is 0.828. The number of rotatable bonds is 3. The van der Waals surface area contributed by atoms with Crippen molar-refractivity contribution in [2.75, 3.05) is 0 Å². The van der Waals surface area contributed by atoms with E-state index in [9.17, 15) is 5.11 Å². The molecule has 0 bridgehead atoms. The van der Waals surface area contributed by atoms with Crippen LogP contribution < -0.4 is 0 Å². The molecule has 0 amide bonds. The van der Waals surface area contributed by atoms with Gasteiger partial charge >= 0.3 is 0 Å². The molecule has 2 atom stereocenters. The second-order valence-electron chi connectivity index (χ2n) is 5.53. The van der Waals surface area contributed by atoms with Crippen LogP contribution in [0.4, 0.5) is 0 Å². The molecule has 1 aliphatic carbocycles. The number of benzene rings is 2. The molecule has 2 aromatic carbocycles. The smallest absolute Gasteiger partial charge is 0.121 e. The third-order valence-electron chi connectivity index (χ3n) is 4.34. The average Bonchev–Trinajstić information content (AvgIpc) is 3.09. The Hall–Kier alpha value is -1.31. The minimum absolute atomic E-state index is 0.0120. The van der Waals surface area contributed by atoms with Gasteiger partial charge in [-0.3, -0.25) is 0 Å². The summed E-state index contributed by atoms with van der Waals surface area (Å²) in [5, 5.41) is 11.5. The van der Waals surface area contributed by atoms with Gasteiger partial charge in [-0.05, 0) is 17.5 Å². The average molecular weight is 273 g/mol. The molecule has 0 heterocycles. The summed E-state index contributed by atoms with van der Waals surface area (Å²) in [4.78, 5) is 0. The molecule has 0 saturated heterocycles. The van der Waals surface area contributed by atoms with Crippen molar-refractivity contribution < 1.29 is 5.11 Å². The van der Waals surface area contributed by atoms with Crippen LogP contribution in [-0.2, 0) is 5.60 Å². The molecule has 2 heteroatoms. The molecule has 1 nitrogen and oxygen atoms in total. The molecule has 1 fully saturated rings. The lowest BCUT2D eigenvalue weighted by atomic mass is 9.74. The van der Waals surface area contributed by atoms with Gasteiger partial charge in [-0.15, -0.1) is 11.6 Å². The second kappa shape index (κ2) is 4.36. The first-order valence-electron chi connectivity index (χ1n) is 6.56. The molecular weight excluding hydrogens is 256 g/mol. The monoisotopic (exact) mass is 272 g/mol. The van der Waals surface area contributed by atoms with Gasteiger partial charge < -0.3 is 5.11 Å².